The van der Waals surface area contributed by atoms with Crippen LogP contribution < -0.4 is 4.52 Å². The Morgan fingerprint density at radius 1 is 1.44 bits per heavy atom. The van der Waals surface area contributed by atoms with Crippen LogP contribution in [0, 0.1) is 0 Å². The van der Waals surface area contributed by atoms with Gasteiger partial charge in [0.1, 0.15) is 5.75 Å². The van der Waals surface area contributed by atoms with Crippen molar-refractivity contribution >= 4 is 7.60 Å². The number of hydrogen-bond acceptors (Lipinski definition) is 4. The topological polar surface area (TPSA) is 84.3 Å². The van der Waals surface area contributed by atoms with E-state index >= 15 is 0 Å². The average molecular weight is 265 g/mol. The predicted molar refractivity (Wildman–Crippen MR) is 67.3 cm³/mol. The van der Waals surface area contributed by atoms with Crippen LogP contribution in [0.1, 0.15) is 6.92 Å². The van der Waals surface area contributed by atoms with Gasteiger partial charge in [0.05, 0.1) is 12.1 Å². The molecule has 0 bridgehead atoms. The number of benzene rings is 1. The minimum atomic E-state index is -3.32. The standard InChI is InChI=1S/C11H12N3O3P/c1-9-11(13-14-12)7-8-18(15,16-9)17-10-5-3-2-4-6-10/h2-9,11H,1H3/t9-,11-,18+/m1/s1. The highest BCUT2D eigenvalue weighted by atomic mass is 31.2. The maximum absolute atomic E-state index is 12.3. The van der Waals surface area contributed by atoms with Crippen LogP contribution in [0.2, 0.25) is 0 Å². The minimum absolute atomic E-state index is 0.462. The lowest BCUT2D eigenvalue weighted by molar-refractivity contribution is 0.180. The van der Waals surface area contributed by atoms with Gasteiger partial charge >= 0.3 is 7.60 Å². The van der Waals surface area contributed by atoms with Gasteiger partial charge in [-0.25, -0.2) is 4.57 Å². The Bertz CT molecular complexity index is 540. The third-order valence-electron chi connectivity index (χ3n) is 2.42. The van der Waals surface area contributed by atoms with Gasteiger partial charge in [-0.2, -0.15) is 0 Å². The molecule has 6 nitrogen and oxygen atoms in total. The van der Waals surface area contributed by atoms with E-state index in [9.17, 15) is 4.57 Å². The molecular weight excluding hydrogens is 253 g/mol. The summed E-state index contributed by atoms with van der Waals surface area (Å²) in [7, 11) is -3.32. The zero-order valence-electron chi connectivity index (χ0n) is 9.71. The summed E-state index contributed by atoms with van der Waals surface area (Å²) < 4.78 is 23.0. The molecule has 94 valence electrons. The van der Waals surface area contributed by atoms with Crippen molar-refractivity contribution in [1.29, 1.82) is 0 Å². The molecule has 0 saturated heterocycles. The predicted octanol–water partition coefficient (Wildman–Crippen LogP) is 3.87. The van der Waals surface area contributed by atoms with Crippen molar-refractivity contribution in [3.05, 3.63) is 52.7 Å². The van der Waals surface area contributed by atoms with E-state index in [2.05, 4.69) is 10.0 Å². The quantitative estimate of drug-likeness (QED) is 0.360. The molecule has 0 aliphatic carbocycles. The molecule has 1 aromatic rings. The molecule has 0 N–H and O–H groups in total. The monoisotopic (exact) mass is 265 g/mol. The van der Waals surface area contributed by atoms with Crippen LogP contribution in [0.3, 0.4) is 0 Å². The van der Waals surface area contributed by atoms with Crippen LogP contribution >= 0.6 is 7.60 Å². The molecule has 1 aromatic carbocycles. The van der Waals surface area contributed by atoms with Crippen molar-refractivity contribution < 1.29 is 13.6 Å². The lowest BCUT2D eigenvalue weighted by Gasteiger charge is -2.26. The second-order valence-corrected chi connectivity index (χ2v) is 5.56. The normalized spacial score (nSPS) is 30.5. The first-order valence-electron chi connectivity index (χ1n) is 5.39. The smallest absolute Gasteiger partial charge is 0.403 e. The molecule has 1 heterocycles. The van der Waals surface area contributed by atoms with Gasteiger partial charge in [0.2, 0.25) is 0 Å². The highest BCUT2D eigenvalue weighted by molar-refractivity contribution is 7.57. The number of nitrogens with zero attached hydrogens (tertiary/aromatic N) is 3. The van der Waals surface area contributed by atoms with Gasteiger partial charge in [-0.1, -0.05) is 29.4 Å². The first-order chi connectivity index (χ1) is 8.63. The summed E-state index contributed by atoms with van der Waals surface area (Å²) in [5.74, 6) is 1.80. The third kappa shape index (κ3) is 2.93. The Morgan fingerprint density at radius 3 is 2.78 bits per heavy atom. The van der Waals surface area contributed by atoms with Crippen molar-refractivity contribution in [1.82, 2.24) is 0 Å². The molecule has 0 fully saturated rings. The lowest BCUT2D eigenvalue weighted by atomic mass is 10.2. The lowest BCUT2D eigenvalue weighted by Crippen LogP contribution is -2.24. The number of azide groups is 1. The highest BCUT2D eigenvalue weighted by Crippen LogP contribution is 2.53. The molecule has 0 amide bonds. The largest absolute Gasteiger partial charge is 0.422 e. The van der Waals surface area contributed by atoms with Gasteiger partial charge in [-0.15, -0.1) is 0 Å². The fourth-order valence-electron chi connectivity index (χ4n) is 1.55. The fourth-order valence-corrected chi connectivity index (χ4v) is 3.12. The van der Waals surface area contributed by atoms with Gasteiger partial charge in [0.25, 0.3) is 0 Å². The fraction of sp³-hybridized carbons (Fsp3) is 0.273. The maximum atomic E-state index is 12.3. The molecular formula is C11H12N3O3P. The number of rotatable bonds is 3. The molecule has 0 unspecified atom stereocenters. The van der Waals surface area contributed by atoms with Gasteiger partial charge in [-0.3, -0.25) is 4.52 Å². The summed E-state index contributed by atoms with van der Waals surface area (Å²) in [5.41, 5.74) is 8.37. The molecule has 0 aromatic heterocycles. The van der Waals surface area contributed by atoms with E-state index in [0.29, 0.717) is 5.75 Å². The SMILES string of the molecule is C[C@H]1O[P@](=O)(Oc2ccccc2)C=C[C@H]1N=[N+]=[N-]. The van der Waals surface area contributed by atoms with Gasteiger partial charge in [0, 0.05) is 10.7 Å². The molecule has 7 heteroatoms. The van der Waals surface area contributed by atoms with Crippen molar-refractivity contribution in [3.63, 3.8) is 0 Å². The van der Waals surface area contributed by atoms with Crippen LogP contribution in [0.5, 0.6) is 5.75 Å². The van der Waals surface area contributed by atoms with Gasteiger partial charge in [0.15, 0.2) is 0 Å². The van der Waals surface area contributed by atoms with E-state index in [1.165, 1.54) is 5.82 Å². The Morgan fingerprint density at radius 2 is 2.17 bits per heavy atom. The maximum Gasteiger partial charge on any atom is 0.403 e. The van der Waals surface area contributed by atoms with Crippen molar-refractivity contribution in [2.75, 3.05) is 0 Å². The summed E-state index contributed by atoms with van der Waals surface area (Å²) >= 11 is 0. The van der Waals surface area contributed by atoms with Gasteiger partial charge < -0.3 is 4.52 Å². The van der Waals surface area contributed by atoms with Crippen LogP contribution in [0.25, 0.3) is 10.4 Å². The van der Waals surface area contributed by atoms with E-state index in [1.54, 1.807) is 37.3 Å². The number of hydrogen-bond donors (Lipinski definition) is 0. The Kier molecular flexibility index (Phi) is 3.72. The van der Waals surface area contributed by atoms with Crippen molar-refractivity contribution in [3.8, 4) is 5.75 Å². The Balaban J connectivity index is 2.17. The van der Waals surface area contributed by atoms with E-state index < -0.39 is 19.7 Å². The first kappa shape index (κ1) is 12.7. The Labute approximate surface area is 104 Å². The molecule has 2 rings (SSSR count). The van der Waals surface area contributed by atoms with Crippen LogP contribution in [0.4, 0.5) is 0 Å². The summed E-state index contributed by atoms with van der Waals surface area (Å²) in [6, 6.07) is 8.32. The molecule has 3 atom stereocenters. The minimum Gasteiger partial charge on any atom is -0.422 e. The second-order valence-electron chi connectivity index (χ2n) is 3.79. The van der Waals surface area contributed by atoms with E-state index in [-0.39, 0.29) is 0 Å². The second kappa shape index (κ2) is 5.27. The zero-order chi connectivity index (χ0) is 13.0. The highest BCUT2D eigenvalue weighted by Gasteiger charge is 2.33. The summed E-state index contributed by atoms with van der Waals surface area (Å²) in [6.07, 6.45) is 1.07. The molecule has 0 radical (unpaired) electrons. The Hall–Kier alpha value is -1.74. The van der Waals surface area contributed by atoms with E-state index in [1.807, 2.05) is 6.07 Å². The molecule has 0 saturated carbocycles. The van der Waals surface area contributed by atoms with E-state index in [0.717, 1.165) is 0 Å². The molecule has 1 aliphatic heterocycles. The molecule has 0 spiro atoms. The zero-order valence-corrected chi connectivity index (χ0v) is 10.6. The summed E-state index contributed by atoms with van der Waals surface area (Å²) in [5, 5.41) is 3.53. The van der Waals surface area contributed by atoms with E-state index in [4.69, 9.17) is 14.6 Å². The first-order valence-corrected chi connectivity index (χ1v) is 7.00. The molecule has 18 heavy (non-hydrogen) atoms. The van der Waals surface area contributed by atoms with Crippen molar-refractivity contribution in [2.45, 2.75) is 19.1 Å². The summed E-state index contributed by atoms with van der Waals surface area (Å²) in [4.78, 5) is 2.70. The average Bonchev–Trinajstić information content (AvgIpc) is 2.34. The van der Waals surface area contributed by atoms with Crippen molar-refractivity contribution in [2.24, 2.45) is 5.11 Å². The third-order valence-corrected chi connectivity index (χ3v) is 4.05. The van der Waals surface area contributed by atoms with Crippen LogP contribution in [-0.2, 0) is 9.09 Å². The van der Waals surface area contributed by atoms with Crippen LogP contribution in [-0.4, -0.2) is 12.1 Å². The molecule has 1 aliphatic rings. The van der Waals surface area contributed by atoms with Crippen LogP contribution in [0.15, 0.2) is 47.3 Å². The summed E-state index contributed by atoms with van der Waals surface area (Å²) in [6.45, 7) is 1.68. The number of para-hydroxylation sites is 1. The van der Waals surface area contributed by atoms with Gasteiger partial charge in [-0.05, 0) is 24.6 Å².